The smallest absolute Gasteiger partial charge is 0.292 e. The van der Waals surface area contributed by atoms with Crippen LogP contribution in [0.5, 0.6) is 0 Å². The van der Waals surface area contributed by atoms with E-state index in [1.54, 1.807) is 0 Å². The van der Waals surface area contributed by atoms with Crippen molar-refractivity contribution in [2.24, 2.45) is 5.92 Å². The van der Waals surface area contributed by atoms with Crippen LogP contribution < -0.4 is 10.6 Å². The number of rotatable bonds is 5. The maximum absolute atomic E-state index is 11.9. The number of hydrogen-bond donors (Lipinski definition) is 3. The number of carbonyl (C=O) groups is 1. The third-order valence-electron chi connectivity index (χ3n) is 3.32. The van der Waals surface area contributed by atoms with Crippen molar-refractivity contribution in [3.63, 3.8) is 0 Å². The van der Waals surface area contributed by atoms with Crippen LogP contribution in [0.4, 0.5) is 0 Å². The van der Waals surface area contributed by atoms with Gasteiger partial charge < -0.3 is 20.3 Å². The SMILES string of the molecule is CC(C)C(CO)NC(=O)c1noc(C2CCCN2)n1. The van der Waals surface area contributed by atoms with Gasteiger partial charge >= 0.3 is 0 Å². The molecule has 1 amide bonds. The van der Waals surface area contributed by atoms with E-state index in [-0.39, 0.29) is 30.4 Å². The van der Waals surface area contributed by atoms with Crippen LogP contribution in [0, 0.1) is 5.92 Å². The fraction of sp³-hybridized carbons (Fsp3) is 0.750. The highest BCUT2D eigenvalue weighted by atomic mass is 16.5. The monoisotopic (exact) mass is 268 g/mol. The Morgan fingerprint density at radius 1 is 1.63 bits per heavy atom. The Bertz CT molecular complexity index is 426. The second-order valence-electron chi connectivity index (χ2n) is 5.11. The molecule has 0 saturated carbocycles. The number of nitrogens with one attached hydrogen (secondary N) is 2. The van der Waals surface area contributed by atoms with Gasteiger partial charge in [0, 0.05) is 0 Å². The van der Waals surface area contributed by atoms with Crippen LogP contribution in [0.25, 0.3) is 0 Å². The lowest BCUT2D eigenvalue weighted by Gasteiger charge is -2.18. The molecule has 2 unspecified atom stereocenters. The van der Waals surface area contributed by atoms with Crippen molar-refractivity contribution in [3.8, 4) is 0 Å². The maximum Gasteiger partial charge on any atom is 0.292 e. The summed E-state index contributed by atoms with van der Waals surface area (Å²) in [5.74, 6) is 0.188. The van der Waals surface area contributed by atoms with E-state index in [0.29, 0.717) is 5.89 Å². The molecule has 2 atom stereocenters. The van der Waals surface area contributed by atoms with Gasteiger partial charge in [0.25, 0.3) is 11.7 Å². The summed E-state index contributed by atoms with van der Waals surface area (Å²) in [6.07, 6.45) is 2.00. The van der Waals surface area contributed by atoms with E-state index in [1.165, 1.54) is 0 Å². The molecule has 1 saturated heterocycles. The van der Waals surface area contributed by atoms with Crippen molar-refractivity contribution >= 4 is 5.91 Å². The zero-order chi connectivity index (χ0) is 13.8. The molecule has 1 aliphatic rings. The van der Waals surface area contributed by atoms with E-state index in [0.717, 1.165) is 19.4 Å². The average Bonchev–Trinajstić information content (AvgIpc) is 3.04. The molecule has 106 valence electrons. The van der Waals surface area contributed by atoms with Crippen LogP contribution >= 0.6 is 0 Å². The summed E-state index contributed by atoms with van der Waals surface area (Å²) in [6.45, 7) is 4.66. The van der Waals surface area contributed by atoms with Crippen molar-refractivity contribution in [2.75, 3.05) is 13.2 Å². The first-order valence-electron chi connectivity index (χ1n) is 6.60. The van der Waals surface area contributed by atoms with E-state index in [4.69, 9.17) is 4.52 Å². The van der Waals surface area contributed by atoms with Crippen LogP contribution in [0.3, 0.4) is 0 Å². The molecular weight excluding hydrogens is 248 g/mol. The summed E-state index contributed by atoms with van der Waals surface area (Å²) in [5.41, 5.74) is 0. The highest BCUT2D eigenvalue weighted by Gasteiger charge is 2.25. The van der Waals surface area contributed by atoms with Crippen LogP contribution in [-0.4, -0.2) is 40.3 Å². The standard InChI is InChI=1S/C12H20N4O3/c1-7(2)9(6-17)14-11(18)10-15-12(19-16-10)8-4-3-5-13-8/h7-9,13,17H,3-6H2,1-2H3,(H,14,18). The molecule has 0 aromatic carbocycles. The van der Waals surface area contributed by atoms with Gasteiger partial charge in [-0.15, -0.1) is 0 Å². The second-order valence-corrected chi connectivity index (χ2v) is 5.11. The van der Waals surface area contributed by atoms with Gasteiger partial charge in [-0.25, -0.2) is 0 Å². The van der Waals surface area contributed by atoms with Crippen molar-refractivity contribution in [2.45, 2.75) is 38.8 Å². The predicted octanol–water partition coefficient (Wildman–Crippen LogP) is 0.241. The molecule has 3 N–H and O–H groups in total. The van der Waals surface area contributed by atoms with Gasteiger partial charge in [-0.3, -0.25) is 4.79 Å². The van der Waals surface area contributed by atoms with Crippen LogP contribution in [-0.2, 0) is 0 Å². The van der Waals surface area contributed by atoms with Crippen LogP contribution in [0.15, 0.2) is 4.52 Å². The third-order valence-corrected chi connectivity index (χ3v) is 3.32. The summed E-state index contributed by atoms with van der Waals surface area (Å²) in [6, 6.07) is -0.258. The molecule has 0 spiro atoms. The fourth-order valence-electron chi connectivity index (χ4n) is 2.02. The number of aromatic nitrogens is 2. The lowest BCUT2D eigenvalue weighted by molar-refractivity contribution is 0.0883. The second kappa shape index (κ2) is 6.12. The normalized spacial score (nSPS) is 20.7. The summed E-state index contributed by atoms with van der Waals surface area (Å²) in [7, 11) is 0. The van der Waals surface area contributed by atoms with E-state index in [9.17, 15) is 9.90 Å². The number of carbonyl (C=O) groups excluding carboxylic acids is 1. The van der Waals surface area contributed by atoms with Crippen molar-refractivity contribution in [1.29, 1.82) is 0 Å². The molecule has 0 aliphatic carbocycles. The molecule has 0 radical (unpaired) electrons. The molecule has 1 aromatic rings. The third kappa shape index (κ3) is 3.30. The fourth-order valence-corrected chi connectivity index (χ4v) is 2.02. The Labute approximate surface area is 111 Å². The Morgan fingerprint density at radius 3 is 3.00 bits per heavy atom. The van der Waals surface area contributed by atoms with E-state index < -0.39 is 5.91 Å². The quantitative estimate of drug-likeness (QED) is 0.707. The molecule has 1 aromatic heterocycles. The number of nitrogens with zero attached hydrogens (tertiary/aromatic N) is 2. The minimum absolute atomic E-state index is 0.0165. The van der Waals surface area contributed by atoms with Crippen LogP contribution in [0.2, 0.25) is 0 Å². The Balaban J connectivity index is 1.99. The van der Waals surface area contributed by atoms with Crippen molar-refractivity contribution < 1.29 is 14.4 Å². The zero-order valence-electron chi connectivity index (χ0n) is 11.2. The Kier molecular flexibility index (Phi) is 4.49. The lowest BCUT2D eigenvalue weighted by atomic mass is 10.1. The topological polar surface area (TPSA) is 100 Å². The Hall–Kier alpha value is -1.47. The molecule has 0 bridgehead atoms. The van der Waals surface area contributed by atoms with E-state index >= 15 is 0 Å². The van der Waals surface area contributed by atoms with E-state index in [2.05, 4.69) is 20.8 Å². The number of aliphatic hydroxyl groups is 1. The predicted molar refractivity (Wildman–Crippen MR) is 67.5 cm³/mol. The first-order chi connectivity index (χ1) is 9.11. The minimum atomic E-state index is -0.416. The summed E-state index contributed by atoms with van der Waals surface area (Å²) < 4.78 is 5.10. The highest BCUT2D eigenvalue weighted by molar-refractivity contribution is 5.90. The van der Waals surface area contributed by atoms with E-state index in [1.807, 2.05) is 13.8 Å². The molecule has 19 heavy (non-hydrogen) atoms. The van der Waals surface area contributed by atoms with Crippen molar-refractivity contribution in [1.82, 2.24) is 20.8 Å². The van der Waals surface area contributed by atoms with Gasteiger partial charge in [0.1, 0.15) is 0 Å². The van der Waals surface area contributed by atoms with Crippen molar-refractivity contribution in [3.05, 3.63) is 11.7 Å². The minimum Gasteiger partial charge on any atom is -0.394 e. The van der Waals surface area contributed by atoms with Gasteiger partial charge in [0.15, 0.2) is 0 Å². The maximum atomic E-state index is 11.9. The van der Waals surface area contributed by atoms with Gasteiger partial charge in [-0.1, -0.05) is 19.0 Å². The summed E-state index contributed by atoms with van der Waals surface area (Å²) in [4.78, 5) is 16.0. The highest BCUT2D eigenvalue weighted by Crippen LogP contribution is 2.21. The largest absolute Gasteiger partial charge is 0.394 e. The summed E-state index contributed by atoms with van der Waals surface area (Å²) in [5, 5.41) is 18.8. The van der Waals surface area contributed by atoms with Crippen LogP contribution in [0.1, 0.15) is 49.2 Å². The van der Waals surface area contributed by atoms with Gasteiger partial charge in [-0.2, -0.15) is 4.98 Å². The molecule has 1 aliphatic heterocycles. The first kappa shape index (κ1) is 14.0. The summed E-state index contributed by atoms with van der Waals surface area (Å²) >= 11 is 0. The lowest BCUT2D eigenvalue weighted by Crippen LogP contribution is -2.41. The molecule has 2 heterocycles. The molecule has 7 heteroatoms. The molecule has 1 fully saturated rings. The first-order valence-corrected chi connectivity index (χ1v) is 6.60. The van der Waals surface area contributed by atoms with Gasteiger partial charge in [-0.05, 0) is 25.3 Å². The Morgan fingerprint density at radius 2 is 2.42 bits per heavy atom. The zero-order valence-corrected chi connectivity index (χ0v) is 11.2. The molecule has 2 rings (SSSR count). The number of amides is 1. The van der Waals surface area contributed by atoms with Gasteiger partial charge in [0.05, 0.1) is 18.7 Å². The number of hydrogen-bond acceptors (Lipinski definition) is 6. The molecule has 7 nitrogen and oxygen atoms in total. The van der Waals surface area contributed by atoms with Gasteiger partial charge in [0.2, 0.25) is 5.89 Å². The average molecular weight is 268 g/mol. The molecular formula is C12H20N4O3. The number of aliphatic hydroxyl groups excluding tert-OH is 1.